The van der Waals surface area contributed by atoms with Crippen LogP contribution < -0.4 is 10.6 Å². The molecule has 1 amide bonds. The van der Waals surface area contributed by atoms with Gasteiger partial charge in [0.1, 0.15) is 0 Å². The first-order valence-electron chi connectivity index (χ1n) is 6.39. The summed E-state index contributed by atoms with van der Waals surface area (Å²) in [6.07, 6.45) is 1.37. The molecule has 0 bridgehead atoms. The predicted octanol–water partition coefficient (Wildman–Crippen LogP) is 3.55. The van der Waals surface area contributed by atoms with Crippen LogP contribution in [0.5, 0.6) is 0 Å². The van der Waals surface area contributed by atoms with Gasteiger partial charge in [-0.15, -0.1) is 23.7 Å². The van der Waals surface area contributed by atoms with Crippen LogP contribution in [-0.2, 0) is 11.2 Å². The van der Waals surface area contributed by atoms with Crippen LogP contribution in [0.2, 0.25) is 0 Å². The molecule has 106 valence electrons. The van der Waals surface area contributed by atoms with Crippen LogP contribution in [0.1, 0.15) is 18.9 Å². The standard InChI is InChI=1S/C14H15N3OS.ClH/c1-2-15-14-17-12(8-19-14)10-3-5-11-9(7-10)4-6-13(18)16-11;/h3,5,7-8H,2,4,6H2,1H3,(H,15,17)(H,16,18);1H. The molecule has 2 heterocycles. The van der Waals surface area contributed by atoms with Crippen molar-refractivity contribution in [3.63, 3.8) is 0 Å². The van der Waals surface area contributed by atoms with Crippen molar-refractivity contribution in [1.82, 2.24) is 4.98 Å². The minimum Gasteiger partial charge on any atom is -0.362 e. The monoisotopic (exact) mass is 309 g/mol. The minimum atomic E-state index is 0. The summed E-state index contributed by atoms with van der Waals surface area (Å²) in [5.41, 5.74) is 4.22. The van der Waals surface area contributed by atoms with E-state index in [4.69, 9.17) is 0 Å². The van der Waals surface area contributed by atoms with E-state index in [2.05, 4.69) is 34.0 Å². The number of nitrogens with one attached hydrogen (secondary N) is 2. The van der Waals surface area contributed by atoms with Gasteiger partial charge in [0.05, 0.1) is 5.69 Å². The summed E-state index contributed by atoms with van der Waals surface area (Å²) < 4.78 is 0. The number of rotatable bonds is 3. The highest BCUT2D eigenvalue weighted by atomic mass is 35.5. The second-order valence-electron chi connectivity index (χ2n) is 4.49. The number of benzene rings is 1. The number of aromatic nitrogens is 1. The highest BCUT2D eigenvalue weighted by Gasteiger charge is 2.15. The normalized spacial score (nSPS) is 13.2. The Morgan fingerprint density at radius 1 is 1.40 bits per heavy atom. The van der Waals surface area contributed by atoms with Crippen molar-refractivity contribution in [2.75, 3.05) is 17.2 Å². The first kappa shape index (κ1) is 14.8. The Labute approximate surface area is 128 Å². The number of hydrogen-bond donors (Lipinski definition) is 2. The predicted molar refractivity (Wildman–Crippen MR) is 85.9 cm³/mol. The largest absolute Gasteiger partial charge is 0.362 e. The number of halogens is 1. The van der Waals surface area contributed by atoms with Crippen molar-refractivity contribution in [3.8, 4) is 11.3 Å². The molecule has 0 radical (unpaired) electrons. The molecule has 0 saturated heterocycles. The van der Waals surface area contributed by atoms with Crippen LogP contribution in [0.15, 0.2) is 23.6 Å². The molecule has 2 aromatic rings. The third kappa shape index (κ3) is 2.94. The van der Waals surface area contributed by atoms with Crippen LogP contribution in [0.25, 0.3) is 11.3 Å². The number of thiazole rings is 1. The highest BCUT2D eigenvalue weighted by molar-refractivity contribution is 7.14. The molecule has 0 unspecified atom stereocenters. The molecule has 1 aliphatic rings. The fraction of sp³-hybridized carbons (Fsp3) is 0.286. The smallest absolute Gasteiger partial charge is 0.224 e. The molecule has 20 heavy (non-hydrogen) atoms. The first-order valence-corrected chi connectivity index (χ1v) is 7.27. The summed E-state index contributed by atoms with van der Waals surface area (Å²) in [5.74, 6) is 0.100. The van der Waals surface area contributed by atoms with E-state index in [-0.39, 0.29) is 18.3 Å². The number of aryl methyl sites for hydroxylation is 1. The Hall–Kier alpha value is -1.59. The number of fused-ring (bicyclic) bond motifs is 1. The fourth-order valence-electron chi connectivity index (χ4n) is 2.18. The van der Waals surface area contributed by atoms with Crippen molar-refractivity contribution < 1.29 is 4.79 Å². The van der Waals surface area contributed by atoms with E-state index in [1.54, 1.807) is 11.3 Å². The third-order valence-corrected chi connectivity index (χ3v) is 3.93. The molecule has 2 N–H and O–H groups in total. The summed E-state index contributed by atoms with van der Waals surface area (Å²) >= 11 is 1.61. The molecule has 0 spiro atoms. The Morgan fingerprint density at radius 2 is 2.25 bits per heavy atom. The topological polar surface area (TPSA) is 54.0 Å². The van der Waals surface area contributed by atoms with E-state index in [1.807, 2.05) is 12.1 Å². The maximum absolute atomic E-state index is 11.3. The van der Waals surface area contributed by atoms with Gasteiger partial charge in [-0.1, -0.05) is 6.07 Å². The lowest BCUT2D eigenvalue weighted by atomic mass is 9.99. The Morgan fingerprint density at radius 3 is 3.05 bits per heavy atom. The molecule has 0 saturated carbocycles. The van der Waals surface area contributed by atoms with Gasteiger partial charge in [-0.05, 0) is 31.0 Å². The molecule has 1 aromatic carbocycles. The van der Waals surface area contributed by atoms with E-state index in [0.29, 0.717) is 6.42 Å². The van der Waals surface area contributed by atoms with Crippen molar-refractivity contribution in [1.29, 1.82) is 0 Å². The number of amides is 1. The molecular weight excluding hydrogens is 294 g/mol. The maximum Gasteiger partial charge on any atom is 0.224 e. The zero-order valence-corrected chi connectivity index (χ0v) is 12.7. The quantitative estimate of drug-likeness (QED) is 0.911. The molecule has 4 nitrogen and oxygen atoms in total. The van der Waals surface area contributed by atoms with Gasteiger partial charge in [0.2, 0.25) is 5.91 Å². The Kier molecular flexibility index (Phi) is 4.62. The van der Waals surface area contributed by atoms with Crippen LogP contribution in [-0.4, -0.2) is 17.4 Å². The number of anilines is 2. The fourth-order valence-corrected chi connectivity index (χ4v) is 2.97. The van der Waals surface area contributed by atoms with Gasteiger partial charge in [-0.2, -0.15) is 0 Å². The highest BCUT2D eigenvalue weighted by Crippen LogP contribution is 2.30. The number of nitrogens with zero attached hydrogens (tertiary/aromatic N) is 1. The molecule has 1 aromatic heterocycles. The molecular formula is C14H16ClN3OS. The van der Waals surface area contributed by atoms with E-state index in [1.165, 1.54) is 5.56 Å². The third-order valence-electron chi connectivity index (χ3n) is 3.13. The number of carbonyl (C=O) groups is 1. The lowest BCUT2D eigenvalue weighted by Gasteiger charge is -2.17. The number of carbonyl (C=O) groups excluding carboxylic acids is 1. The summed E-state index contributed by atoms with van der Waals surface area (Å²) in [6, 6.07) is 6.10. The average Bonchev–Trinajstić information content (AvgIpc) is 2.87. The van der Waals surface area contributed by atoms with Gasteiger partial charge < -0.3 is 10.6 Å². The second-order valence-corrected chi connectivity index (χ2v) is 5.35. The molecule has 1 aliphatic heterocycles. The summed E-state index contributed by atoms with van der Waals surface area (Å²) in [5, 5.41) is 9.12. The summed E-state index contributed by atoms with van der Waals surface area (Å²) in [4.78, 5) is 15.9. The Bertz CT molecular complexity index is 627. The zero-order valence-electron chi connectivity index (χ0n) is 11.1. The van der Waals surface area contributed by atoms with Crippen LogP contribution in [0.4, 0.5) is 10.8 Å². The van der Waals surface area contributed by atoms with Crippen molar-refractivity contribution in [2.24, 2.45) is 0 Å². The van der Waals surface area contributed by atoms with Gasteiger partial charge in [0.15, 0.2) is 5.13 Å². The van der Waals surface area contributed by atoms with E-state index < -0.39 is 0 Å². The molecule has 0 fully saturated rings. The van der Waals surface area contributed by atoms with Crippen LogP contribution >= 0.6 is 23.7 Å². The Balaban J connectivity index is 0.00000147. The molecule has 0 atom stereocenters. The number of hydrogen-bond acceptors (Lipinski definition) is 4. The average molecular weight is 310 g/mol. The molecule has 3 rings (SSSR count). The van der Waals surface area contributed by atoms with Gasteiger partial charge >= 0.3 is 0 Å². The van der Waals surface area contributed by atoms with Crippen LogP contribution in [0, 0.1) is 0 Å². The summed E-state index contributed by atoms with van der Waals surface area (Å²) in [7, 11) is 0. The van der Waals surface area contributed by atoms with Gasteiger partial charge in [-0.3, -0.25) is 4.79 Å². The maximum atomic E-state index is 11.3. The zero-order chi connectivity index (χ0) is 13.2. The van der Waals surface area contributed by atoms with Crippen molar-refractivity contribution in [2.45, 2.75) is 19.8 Å². The van der Waals surface area contributed by atoms with Crippen molar-refractivity contribution >= 4 is 40.5 Å². The van der Waals surface area contributed by atoms with Gasteiger partial charge in [-0.25, -0.2) is 4.98 Å². The lowest BCUT2D eigenvalue weighted by Crippen LogP contribution is -2.18. The van der Waals surface area contributed by atoms with E-state index in [9.17, 15) is 4.79 Å². The molecule has 6 heteroatoms. The lowest BCUT2D eigenvalue weighted by molar-refractivity contribution is -0.116. The molecule has 0 aliphatic carbocycles. The summed E-state index contributed by atoms with van der Waals surface area (Å²) in [6.45, 7) is 2.94. The first-order chi connectivity index (χ1) is 9.26. The van der Waals surface area contributed by atoms with Crippen molar-refractivity contribution in [3.05, 3.63) is 29.1 Å². The second kappa shape index (κ2) is 6.24. The van der Waals surface area contributed by atoms with Crippen LogP contribution in [0.3, 0.4) is 0 Å². The van der Waals surface area contributed by atoms with E-state index >= 15 is 0 Å². The SMILES string of the molecule is CCNc1nc(-c2ccc3c(c2)CCC(=O)N3)cs1.Cl. The minimum absolute atomic E-state index is 0. The van der Waals surface area contributed by atoms with Gasteiger partial charge in [0, 0.05) is 29.6 Å². The van der Waals surface area contributed by atoms with Gasteiger partial charge in [0.25, 0.3) is 0 Å². The van der Waals surface area contributed by atoms with E-state index in [0.717, 1.165) is 35.0 Å².